The van der Waals surface area contributed by atoms with Gasteiger partial charge in [0.1, 0.15) is 0 Å². The fraction of sp³-hybridized carbons (Fsp3) is 0.529. The van der Waals surface area contributed by atoms with Gasteiger partial charge in [-0.3, -0.25) is 4.79 Å². The second-order valence-electron chi connectivity index (χ2n) is 5.10. The van der Waals surface area contributed by atoms with E-state index in [1.807, 2.05) is 12.1 Å². The number of esters is 2. The summed E-state index contributed by atoms with van der Waals surface area (Å²) in [5, 5.41) is 0. The molecule has 0 unspecified atom stereocenters. The van der Waals surface area contributed by atoms with Crippen LogP contribution in [0, 0.1) is 0 Å². The van der Waals surface area contributed by atoms with Crippen molar-refractivity contribution in [3.8, 4) is 0 Å². The first-order valence-corrected chi connectivity index (χ1v) is 7.45. The van der Waals surface area contributed by atoms with Crippen molar-refractivity contribution in [1.82, 2.24) is 0 Å². The Labute approximate surface area is 126 Å². The molecule has 1 aromatic carbocycles. The Bertz CT molecular complexity index is 492. The number of hydrogen-bond donors (Lipinski definition) is 0. The summed E-state index contributed by atoms with van der Waals surface area (Å²) in [5.41, 5.74) is 2.51. The Morgan fingerprint density at radius 1 is 1.10 bits per heavy atom. The fourth-order valence-electron chi connectivity index (χ4n) is 2.06. The summed E-state index contributed by atoms with van der Waals surface area (Å²) < 4.78 is 10.0. The van der Waals surface area contributed by atoms with E-state index in [0.29, 0.717) is 31.1 Å². The molecule has 0 fully saturated rings. The first kappa shape index (κ1) is 17.2. The van der Waals surface area contributed by atoms with Crippen molar-refractivity contribution >= 4 is 11.9 Å². The number of ether oxygens (including phenoxy) is 2. The largest absolute Gasteiger partial charge is 0.466 e. The standard InChI is InChI=1S/C17H24O4/c1-5-20-16(18)10-8-14-11-13(12(3)4)7-9-15(14)17(19)21-6-2/h7,9,11-12H,5-6,8,10H2,1-4H3. The maximum atomic E-state index is 12.0. The molecule has 116 valence electrons. The monoisotopic (exact) mass is 292 g/mol. The van der Waals surface area contributed by atoms with Gasteiger partial charge in [0.05, 0.1) is 18.8 Å². The molecule has 0 aliphatic carbocycles. The molecule has 0 bridgehead atoms. The summed E-state index contributed by atoms with van der Waals surface area (Å²) in [4.78, 5) is 23.5. The van der Waals surface area contributed by atoms with Crippen molar-refractivity contribution in [2.24, 2.45) is 0 Å². The van der Waals surface area contributed by atoms with Gasteiger partial charge in [-0.1, -0.05) is 26.0 Å². The van der Waals surface area contributed by atoms with Gasteiger partial charge in [0.25, 0.3) is 0 Å². The van der Waals surface area contributed by atoms with Gasteiger partial charge < -0.3 is 9.47 Å². The highest BCUT2D eigenvalue weighted by atomic mass is 16.5. The van der Waals surface area contributed by atoms with Crippen LogP contribution in [-0.2, 0) is 20.7 Å². The zero-order valence-corrected chi connectivity index (χ0v) is 13.3. The fourth-order valence-corrected chi connectivity index (χ4v) is 2.06. The summed E-state index contributed by atoms with van der Waals surface area (Å²) in [7, 11) is 0. The second-order valence-corrected chi connectivity index (χ2v) is 5.10. The smallest absolute Gasteiger partial charge is 0.338 e. The van der Waals surface area contributed by atoms with Gasteiger partial charge in [-0.05, 0) is 43.4 Å². The van der Waals surface area contributed by atoms with Crippen molar-refractivity contribution in [1.29, 1.82) is 0 Å². The van der Waals surface area contributed by atoms with Crippen LogP contribution >= 0.6 is 0 Å². The minimum absolute atomic E-state index is 0.248. The minimum Gasteiger partial charge on any atom is -0.466 e. The Balaban J connectivity index is 2.96. The van der Waals surface area contributed by atoms with Crippen molar-refractivity contribution in [3.05, 3.63) is 34.9 Å². The molecule has 1 rings (SSSR count). The van der Waals surface area contributed by atoms with Crippen molar-refractivity contribution in [2.75, 3.05) is 13.2 Å². The molecule has 0 aliphatic heterocycles. The average molecular weight is 292 g/mol. The van der Waals surface area contributed by atoms with E-state index >= 15 is 0 Å². The molecule has 0 amide bonds. The van der Waals surface area contributed by atoms with Gasteiger partial charge in [0.15, 0.2) is 0 Å². The number of benzene rings is 1. The van der Waals surface area contributed by atoms with Gasteiger partial charge in [0, 0.05) is 6.42 Å². The van der Waals surface area contributed by atoms with E-state index in [0.717, 1.165) is 11.1 Å². The topological polar surface area (TPSA) is 52.6 Å². The molecule has 0 radical (unpaired) electrons. The first-order valence-electron chi connectivity index (χ1n) is 7.45. The van der Waals surface area contributed by atoms with E-state index in [4.69, 9.17) is 9.47 Å². The van der Waals surface area contributed by atoms with E-state index in [-0.39, 0.29) is 18.4 Å². The number of rotatable bonds is 7. The van der Waals surface area contributed by atoms with Crippen LogP contribution in [0.3, 0.4) is 0 Å². The predicted octanol–water partition coefficient (Wildman–Crippen LogP) is 3.48. The molecular weight excluding hydrogens is 268 g/mol. The SMILES string of the molecule is CCOC(=O)CCc1cc(C(C)C)ccc1C(=O)OCC. The van der Waals surface area contributed by atoms with Crippen LogP contribution in [0.5, 0.6) is 0 Å². The molecule has 0 aliphatic rings. The summed E-state index contributed by atoms with van der Waals surface area (Å²) in [5.74, 6) is -0.225. The quantitative estimate of drug-likeness (QED) is 0.722. The van der Waals surface area contributed by atoms with Crippen molar-refractivity contribution in [3.63, 3.8) is 0 Å². The summed E-state index contributed by atoms with van der Waals surface area (Å²) in [6, 6.07) is 5.70. The normalized spacial score (nSPS) is 10.5. The highest BCUT2D eigenvalue weighted by molar-refractivity contribution is 5.91. The van der Waals surface area contributed by atoms with Gasteiger partial charge >= 0.3 is 11.9 Å². The molecule has 1 aromatic rings. The Morgan fingerprint density at radius 3 is 2.33 bits per heavy atom. The highest BCUT2D eigenvalue weighted by Gasteiger charge is 2.15. The summed E-state index contributed by atoms with van der Waals surface area (Å²) >= 11 is 0. The van der Waals surface area contributed by atoms with Crippen LogP contribution in [0.2, 0.25) is 0 Å². The molecule has 0 saturated carbocycles. The van der Waals surface area contributed by atoms with E-state index in [9.17, 15) is 9.59 Å². The Morgan fingerprint density at radius 2 is 1.76 bits per heavy atom. The first-order chi connectivity index (χ1) is 9.99. The molecular formula is C17H24O4. The van der Waals surface area contributed by atoms with Crippen molar-refractivity contribution < 1.29 is 19.1 Å². The van der Waals surface area contributed by atoms with Crippen LogP contribution in [0.15, 0.2) is 18.2 Å². The van der Waals surface area contributed by atoms with E-state index < -0.39 is 0 Å². The highest BCUT2D eigenvalue weighted by Crippen LogP contribution is 2.21. The maximum Gasteiger partial charge on any atom is 0.338 e. The van der Waals surface area contributed by atoms with Crippen LogP contribution in [-0.4, -0.2) is 25.2 Å². The second kappa shape index (κ2) is 8.45. The Kier molecular flexibility index (Phi) is 6.92. The number of hydrogen-bond acceptors (Lipinski definition) is 4. The van der Waals surface area contributed by atoms with E-state index in [1.54, 1.807) is 19.9 Å². The molecule has 0 aromatic heterocycles. The molecule has 0 N–H and O–H groups in total. The lowest BCUT2D eigenvalue weighted by molar-refractivity contribution is -0.143. The predicted molar refractivity (Wildman–Crippen MR) is 81.4 cm³/mol. The lowest BCUT2D eigenvalue weighted by atomic mass is 9.95. The van der Waals surface area contributed by atoms with Gasteiger partial charge in [0.2, 0.25) is 0 Å². The zero-order chi connectivity index (χ0) is 15.8. The van der Waals surface area contributed by atoms with Crippen LogP contribution in [0.25, 0.3) is 0 Å². The molecule has 0 saturated heterocycles. The molecule has 0 heterocycles. The maximum absolute atomic E-state index is 12.0. The van der Waals surface area contributed by atoms with Gasteiger partial charge in [-0.2, -0.15) is 0 Å². The lowest BCUT2D eigenvalue weighted by Gasteiger charge is -2.13. The van der Waals surface area contributed by atoms with Crippen molar-refractivity contribution in [2.45, 2.75) is 46.5 Å². The van der Waals surface area contributed by atoms with Gasteiger partial charge in [-0.15, -0.1) is 0 Å². The summed E-state index contributed by atoms with van der Waals surface area (Å²) in [6.45, 7) is 8.45. The van der Waals surface area contributed by atoms with E-state index in [2.05, 4.69) is 13.8 Å². The minimum atomic E-state index is -0.341. The van der Waals surface area contributed by atoms with Crippen LogP contribution in [0.4, 0.5) is 0 Å². The van der Waals surface area contributed by atoms with E-state index in [1.165, 1.54) is 0 Å². The zero-order valence-electron chi connectivity index (χ0n) is 13.3. The van der Waals surface area contributed by atoms with Crippen LogP contribution < -0.4 is 0 Å². The molecule has 21 heavy (non-hydrogen) atoms. The number of carbonyl (C=O) groups is 2. The molecule has 0 spiro atoms. The summed E-state index contributed by atoms with van der Waals surface area (Å²) in [6.07, 6.45) is 0.745. The molecule has 4 nitrogen and oxygen atoms in total. The number of aryl methyl sites for hydroxylation is 1. The molecule has 0 atom stereocenters. The third-order valence-electron chi connectivity index (χ3n) is 3.20. The third-order valence-corrected chi connectivity index (χ3v) is 3.20. The average Bonchev–Trinajstić information content (AvgIpc) is 2.45. The Hall–Kier alpha value is -1.84. The number of carbonyl (C=O) groups excluding carboxylic acids is 2. The molecule has 4 heteroatoms. The lowest BCUT2D eigenvalue weighted by Crippen LogP contribution is -2.11. The van der Waals surface area contributed by atoms with Crippen LogP contribution in [0.1, 0.15) is 61.5 Å². The third kappa shape index (κ3) is 5.21. The van der Waals surface area contributed by atoms with Gasteiger partial charge in [-0.25, -0.2) is 4.79 Å².